The second-order valence-electron chi connectivity index (χ2n) is 3.17. The summed E-state index contributed by atoms with van der Waals surface area (Å²) in [5, 5.41) is 6.44. The van der Waals surface area contributed by atoms with Crippen LogP contribution in [-0.4, -0.2) is 53.6 Å². The van der Waals surface area contributed by atoms with E-state index in [4.69, 9.17) is 9.47 Å². The molecule has 0 spiro atoms. The van der Waals surface area contributed by atoms with Crippen LogP contribution in [0.5, 0.6) is 0 Å². The van der Waals surface area contributed by atoms with Gasteiger partial charge in [0.25, 0.3) is 0 Å². The number of ether oxygens (including phenoxy) is 2. The third-order valence-corrected chi connectivity index (χ3v) is 1.88. The van der Waals surface area contributed by atoms with Crippen LogP contribution in [0.25, 0.3) is 0 Å². The van der Waals surface area contributed by atoms with Gasteiger partial charge in [-0.05, 0) is 26.4 Å². The van der Waals surface area contributed by atoms with Gasteiger partial charge in [0, 0.05) is 26.8 Å². The standard InChI is InChI=1S/C10H24N2O2/c1-11-6-7-12-5-3-4-8-14-10-9-13-2/h11-12H,3-10H2,1-2H3. The van der Waals surface area contributed by atoms with Crippen LogP contribution in [0.3, 0.4) is 0 Å². The zero-order valence-electron chi connectivity index (χ0n) is 9.47. The maximum atomic E-state index is 5.34. The number of likely N-dealkylation sites (N-methyl/N-ethyl adjacent to an activating group) is 1. The summed E-state index contributed by atoms with van der Waals surface area (Å²) < 4.78 is 10.2. The Balaban J connectivity index is 2.78. The largest absolute Gasteiger partial charge is 0.382 e. The minimum atomic E-state index is 0.695. The number of hydrogen-bond donors (Lipinski definition) is 2. The molecule has 0 aliphatic heterocycles. The van der Waals surface area contributed by atoms with Gasteiger partial charge in [-0.15, -0.1) is 0 Å². The Morgan fingerprint density at radius 3 is 2.50 bits per heavy atom. The third kappa shape index (κ3) is 11.8. The van der Waals surface area contributed by atoms with Crippen molar-refractivity contribution in [3.8, 4) is 0 Å². The van der Waals surface area contributed by atoms with Gasteiger partial charge in [0.1, 0.15) is 0 Å². The molecule has 0 rings (SSSR count). The molecule has 0 atom stereocenters. The molecule has 0 aromatic heterocycles. The van der Waals surface area contributed by atoms with Gasteiger partial charge in [-0.2, -0.15) is 0 Å². The van der Waals surface area contributed by atoms with Crippen LogP contribution in [-0.2, 0) is 9.47 Å². The molecule has 0 aliphatic carbocycles. The molecule has 0 radical (unpaired) electrons. The van der Waals surface area contributed by atoms with Gasteiger partial charge in [0.15, 0.2) is 0 Å². The molecule has 0 amide bonds. The van der Waals surface area contributed by atoms with E-state index in [0.29, 0.717) is 13.2 Å². The fourth-order valence-electron chi connectivity index (χ4n) is 1.04. The Bertz CT molecular complexity index is 90.1. The molecule has 4 nitrogen and oxygen atoms in total. The molecular formula is C10H24N2O2. The SMILES string of the molecule is CNCCNCCCCOCCOC. The maximum absolute atomic E-state index is 5.34. The quantitative estimate of drug-likeness (QED) is 0.473. The van der Waals surface area contributed by atoms with Gasteiger partial charge < -0.3 is 20.1 Å². The summed E-state index contributed by atoms with van der Waals surface area (Å²) in [4.78, 5) is 0. The van der Waals surface area contributed by atoms with E-state index in [9.17, 15) is 0 Å². The predicted octanol–water partition coefficient (Wildman–Crippen LogP) is 0.239. The van der Waals surface area contributed by atoms with E-state index in [2.05, 4.69) is 10.6 Å². The normalized spacial score (nSPS) is 10.7. The predicted molar refractivity (Wildman–Crippen MR) is 58.7 cm³/mol. The van der Waals surface area contributed by atoms with E-state index in [1.807, 2.05) is 7.05 Å². The molecule has 0 unspecified atom stereocenters. The van der Waals surface area contributed by atoms with Crippen molar-refractivity contribution in [1.82, 2.24) is 10.6 Å². The van der Waals surface area contributed by atoms with E-state index in [0.717, 1.165) is 32.7 Å². The maximum Gasteiger partial charge on any atom is 0.0700 e. The Hall–Kier alpha value is -0.160. The smallest absolute Gasteiger partial charge is 0.0700 e. The Kier molecular flexibility index (Phi) is 12.7. The van der Waals surface area contributed by atoms with Crippen LogP contribution < -0.4 is 10.6 Å². The highest BCUT2D eigenvalue weighted by molar-refractivity contribution is 4.49. The molecule has 0 saturated heterocycles. The van der Waals surface area contributed by atoms with E-state index < -0.39 is 0 Å². The third-order valence-electron chi connectivity index (χ3n) is 1.88. The van der Waals surface area contributed by atoms with Crippen LogP contribution in [0, 0.1) is 0 Å². The van der Waals surface area contributed by atoms with Crippen molar-refractivity contribution < 1.29 is 9.47 Å². The average Bonchev–Trinajstić information content (AvgIpc) is 2.21. The number of nitrogens with one attached hydrogen (secondary N) is 2. The highest BCUT2D eigenvalue weighted by Gasteiger charge is 1.90. The molecule has 0 aromatic rings. The van der Waals surface area contributed by atoms with Gasteiger partial charge in [-0.3, -0.25) is 0 Å². The lowest BCUT2D eigenvalue weighted by Gasteiger charge is -2.05. The molecule has 0 saturated carbocycles. The summed E-state index contributed by atoms with van der Waals surface area (Å²) in [6, 6.07) is 0. The molecule has 0 bridgehead atoms. The van der Waals surface area contributed by atoms with Crippen molar-refractivity contribution in [2.75, 3.05) is 53.6 Å². The number of rotatable bonds is 11. The van der Waals surface area contributed by atoms with E-state index in [1.54, 1.807) is 7.11 Å². The first-order valence-electron chi connectivity index (χ1n) is 5.33. The first-order chi connectivity index (χ1) is 6.91. The summed E-state index contributed by atoms with van der Waals surface area (Å²) >= 11 is 0. The van der Waals surface area contributed by atoms with Crippen molar-refractivity contribution in [2.24, 2.45) is 0 Å². The van der Waals surface area contributed by atoms with Crippen LogP contribution in [0.15, 0.2) is 0 Å². The van der Waals surface area contributed by atoms with Crippen LogP contribution in [0.1, 0.15) is 12.8 Å². The van der Waals surface area contributed by atoms with Crippen molar-refractivity contribution in [3.63, 3.8) is 0 Å². The summed E-state index contributed by atoms with van der Waals surface area (Å²) in [5.41, 5.74) is 0. The highest BCUT2D eigenvalue weighted by Crippen LogP contribution is 1.88. The molecule has 0 fully saturated rings. The lowest BCUT2D eigenvalue weighted by Crippen LogP contribution is -2.25. The fourth-order valence-corrected chi connectivity index (χ4v) is 1.04. The van der Waals surface area contributed by atoms with Gasteiger partial charge in [-0.25, -0.2) is 0 Å². The van der Waals surface area contributed by atoms with Crippen molar-refractivity contribution in [3.05, 3.63) is 0 Å². The van der Waals surface area contributed by atoms with Gasteiger partial charge >= 0.3 is 0 Å². The molecule has 86 valence electrons. The first kappa shape index (κ1) is 13.8. The zero-order chi connectivity index (χ0) is 10.5. The molecule has 0 aromatic carbocycles. The molecule has 0 aliphatic rings. The number of methoxy groups -OCH3 is 1. The van der Waals surface area contributed by atoms with Gasteiger partial charge in [0.2, 0.25) is 0 Å². The molecule has 14 heavy (non-hydrogen) atoms. The average molecular weight is 204 g/mol. The Labute approximate surface area is 87.4 Å². The second kappa shape index (κ2) is 12.8. The lowest BCUT2D eigenvalue weighted by atomic mass is 10.3. The van der Waals surface area contributed by atoms with Gasteiger partial charge in [-0.1, -0.05) is 0 Å². The molecule has 4 heteroatoms. The minimum Gasteiger partial charge on any atom is -0.382 e. The first-order valence-corrected chi connectivity index (χ1v) is 5.33. The van der Waals surface area contributed by atoms with Crippen molar-refractivity contribution >= 4 is 0 Å². The van der Waals surface area contributed by atoms with Crippen LogP contribution in [0.4, 0.5) is 0 Å². The van der Waals surface area contributed by atoms with Crippen LogP contribution >= 0.6 is 0 Å². The van der Waals surface area contributed by atoms with E-state index in [-0.39, 0.29) is 0 Å². The van der Waals surface area contributed by atoms with Gasteiger partial charge in [0.05, 0.1) is 13.2 Å². The number of unbranched alkanes of at least 4 members (excludes halogenated alkanes) is 1. The molecule has 0 heterocycles. The van der Waals surface area contributed by atoms with Crippen molar-refractivity contribution in [2.45, 2.75) is 12.8 Å². The summed E-state index contributed by atoms with van der Waals surface area (Å²) in [6.07, 6.45) is 2.30. The topological polar surface area (TPSA) is 42.5 Å². The molecule has 2 N–H and O–H groups in total. The summed E-state index contributed by atoms with van der Waals surface area (Å²) in [6.45, 7) is 5.40. The number of hydrogen-bond acceptors (Lipinski definition) is 4. The minimum absolute atomic E-state index is 0.695. The summed E-state index contributed by atoms with van der Waals surface area (Å²) in [5.74, 6) is 0. The zero-order valence-corrected chi connectivity index (χ0v) is 9.47. The highest BCUT2D eigenvalue weighted by atomic mass is 16.5. The Morgan fingerprint density at radius 2 is 1.79 bits per heavy atom. The van der Waals surface area contributed by atoms with Crippen LogP contribution in [0.2, 0.25) is 0 Å². The molecular weight excluding hydrogens is 180 g/mol. The Morgan fingerprint density at radius 1 is 0.929 bits per heavy atom. The monoisotopic (exact) mass is 204 g/mol. The second-order valence-corrected chi connectivity index (χ2v) is 3.17. The van der Waals surface area contributed by atoms with E-state index in [1.165, 1.54) is 6.42 Å². The fraction of sp³-hybridized carbons (Fsp3) is 1.00. The summed E-state index contributed by atoms with van der Waals surface area (Å²) in [7, 11) is 3.65. The van der Waals surface area contributed by atoms with Crippen molar-refractivity contribution in [1.29, 1.82) is 0 Å². The lowest BCUT2D eigenvalue weighted by molar-refractivity contribution is 0.0688. The van der Waals surface area contributed by atoms with E-state index >= 15 is 0 Å².